The molecule has 0 bridgehead atoms. The predicted octanol–water partition coefficient (Wildman–Crippen LogP) is 0.800. The highest BCUT2D eigenvalue weighted by molar-refractivity contribution is 5.80. The number of ether oxygens (including phenoxy) is 2. The first-order chi connectivity index (χ1) is 7.67. The van der Waals surface area contributed by atoms with Gasteiger partial charge in [-0.25, -0.2) is 0 Å². The zero-order chi connectivity index (χ0) is 12.4. The monoisotopic (exact) mass is 228 g/mol. The Morgan fingerprint density at radius 2 is 2.12 bits per heavy atom. The van der Waals surface area contributed by atoms with Gasteiger partial charge in [-0.15, -0.1) is 0 Å². The maximum absolute atomic E-state index is 11.7. The second kappa shape index (κ2) is 9.13. The van der Waals surface area contributed by atoms with Crippen molar-refractivity contribution in [2.75, 3.05) is 32.9 Å². The average molecular weight is 228 g/mol. The summed E-state index contributed by atoms with van der Waals surface area (Å²) in [5, 5.41) is 8.54. The highest BCUT2D eigenvalue weighted by atomic mass is 16.5. The minimum absolute atomic E-state index is 0.106. The fourth-order valence-corrected chi connectivity index (χ4v) is 1.19. The number of hydrogen-bond donors (Lipinski definition) is 0. The van der Waals surface area contributed by atoms with Crippen molar-refractivity contribution in [3.8, 4) is 6.07 Å². The lowest BCUT2D eigenvalue weighted by molar-refractivity contribution is -0.142. The Morgan fingerprint density at radius 3 is 2.62 bits per heavy atom. The molecule has 0 aromatic rings. The first-order valence-electron chi connectivity index (χ1n) is 5.52. The van der Waals surface area contributed by atoms with Crippen molar-refractivity contribution < 1.29 is 14.3 Å². The Kier molecular flexibility index (Phi) is 8.49. The van der Waals surface area contributed by atoms with Crippen molar-refractivity contribution in [2.45, 2.75) is 26.9 Å². The summed E-state index contributed by atoms with van der Waals surface area (Å²) in [5.74, 6) is -0.152. The van der Waals surface area contributed by atoms with E-state index in [9.17, 15) is 4.79 Å². The number of nitrogens with zero attached hydrogens (tertiary/aromatic N) is 2. The molecule has 92 valence electrons. The van der Waals surface area contributed by atoms with E-state index in [0.717, 1.165) is 0 Å². The van der Waals surface area contributed by atoms with E-state index in [0.29, 0.717) is 26.4 Å². The second-order valence-electron chi connectivity index (χ2n) is 3.22. The van der Waals surface area contributed by atoms with Crippen molar-refractivity contribution in [2.24, 2.45) is 0 Å². The topological polar surface area (TPSA) is 62.6 Å². The van der Waals surface area contributed by atoms with Crippen LogP contribution in [0.1, 0.15) is 20.8 Å². The van der Waals surface area contributed by atoms with Crippen molar-refractivity contribution in [3.05, 3.63) is 0 Å². The fourth-order valence-electron chi connectivity index (χ4n) is 1.19. The summed E-state index contributed by atoms with van der Waals surface area (Å²) in [6, 6.07) is 1.96. The zero-order valence-corrected chi connectivity index (χ0v) is 10.2. The third-order valence-corrected chi connectivity index (χ3v) is 2.10. The number of carbonyl (C=O) groups is 1. The minimum Gasteiger partial charge on any atom is -0.379 e. The van der Waals surface area contributed by atoms with E-state index in [1.165, 1.54) is 4.90 Å². The molecule has 0 radical (unpaired) electrons. The maximum atomic E-state index is 11.7. The van der Waals surface area contributed by atoms with Crippen LogP contribution >= 0.6 is 0 Å². The molecule has 0 aromatic heterocycles. The molecule has 0 fully saturated rings. The van der Waals surface area contributed by atoms with Crippen molar-refractivity contribution in [3.63, 3.8) is 0 Å². The van der Waals surface area contributed by atoms with Gasteiger partial charge in [0.2, 0.25) is 0 Å². The standard InChI is InChI=1S/C11H20N2O3/c1-4-13(7-6-12)11(14)10(3)16-9-8-15-5-2/h10H,4-5,7-9H2,1-3H3. The lowest BCUT2D eigenvalue weighted by Crippen LogP contribution is -2.39. The highest BCUT2D eigenvalue weighted by Gasteiger charge is 2.19. The third-order valence-electron chi connectivity index (χ3n) is 2.10. The van der Waals surface area contributed by atoms with Crippen LogP contribution in [0, 0.1) is 11.3 Å². The fraction of sp³-hybridized carbons (Fsp3) is 0.818. The van der Waals surface area contributed by atoms with E-state index in [2.05, 4.69) is 0 Å². The van der Waals surface area contributed by atoms with Crippen molar-refractivity contribution >= 4 is 5.91 Å². The molecule has 5 heteroatoms. The van der Waals surface area contributed by atoms with Gasteiger partial charge in [0.15, 0.2) is 0 Å². The SMILES string of the molecule is CCOCCOC(C)C(=O)N(CC)CC#N. The number of nitriles is 1. The molecule has 16 heavy (non-hydrogen) atoms. The molecule has 5 nitrogen and oxygen atoms in total. The quantitative estimate of drug-likeness (QED) is 0.455. The first kappa shape index (κ1) is 14.9. The molecule has 0 rings (SSSR count). The molecule has 0 aliphatic carbocycles. The molecule has 0 saturated carbocycles. The summed E-state index contributed by atoms with van der Waals surface area (Å²) < 4.78 is 10.4. The summed E-state index contributed by atoms with van der Waals surface area (Å²) in [6.45, 7) is 7.57. The van der Waals surface area contributed by atoms with E-state index in [4.69, 9.17) is 14.7 Å². The number of hydrogen-bond acceptors (Lipinski definition) is 4. The summed E-state index contributed by atoms with van der Waals surface area (Å²) in [6.07, 6.45) is -0.520. The summed E-state index contributed by atoms with van der Waals surface area (Å²) >= 11 is 0. The molecule has 0 heterocycles. The van der Waals surface area contributed by atoms with E-state index < -0.39 is 6.10 Å². The molecular weight excluding hydrogens is 208 g/mol. The summed E-state index contributed by atoms with van der Waals surface area (Å²) in [4.78, 5) is 13.2. The van der Waals surface area contributed by atoms with Gasteiger partial charge in [0.05, 0.1) is 19.3 Å². The van der Waals surface area contributed by atoms with Crippen molar-refractivity contribution in [1.82, 2.24) is 4.90 Å². The van der Waals surface area contributed by atoms with Gasteiger partial charge in [-0.3, -0.25) is 4.79 Å². The van der Waals surface area contributed by atoms with Crippen LogP contribution in [-0.4, -0.2) is 49.8 Å². The Bertz CT molecular complexity index is 238. The van der Waals surface area contributed by atoms with E-state index in [1.54, 1.807) is 6.92 Å². The molecule has 0 aliphatic heterocycles. The minimum atomic E-state index is -0.520. The van der Waals surface area contributed by atoms with Gasteiger partial charge < -0.3 is 14.4 Å². The lowest BCUT2D eigenvalue weighted by atomic mass is 10.3. The van der Waals surface area contributed by atoms with Gasteiger partial charge in [0, 0.05) is 13.2 Å². The maximum Gasteiger partial charge on any atom is 0.252 e. The number of likely N-dealkylation sites (N-methyl/N-ethyl adjacent to an activating group) is 1. The molecule has 1 amide bonds. The second-order valence-corrected chi connectivity index (χ2v) is 3.22. The van der Waals surface area contributed by atoms with Crippen LogP contribution in [-0.2, 0) is 14.3 Å². The predicted molar refractivity (Wildman–Crippen MR) is 59.8 cm³/mol. The Morgan fingerprint density at radius 1 is 1.44 bits per heavy atom. The molecule has 0 saturated heterocycles. The van der Waals surface area contributed by atoms with Crippen LogP contribution in [0.2, 0.25) is 0 Å². The van der Waals surface area contributed by atoms with Crippen molar-refractivity contribution in [1.29, 1.82) is 5.26 Å². The summed E-state index contributed by atoms with van der Waals surface area (Å²) in [5.41, 5.74) is 0. The smallest absolute Gasteiger partial charge is 0.252 e. The molecule has 0 aliphatic rings. The molecule has 0 spiro atoms. The van der Waals surface area contributed by atoms with Gasteiger partial charge in [-0.1, -0.05) is 0 Å². The molecule has 0 N–H and O–H groups in total. The summed E-state index contributed by atoms with van der Waals surface area (Å²) in [7, 11) is 0. The first-order valence-corrected chi connectivity index (χ1v) is 5.52. The number of carbonyl (C=O) groups excluding carboxylic acids is 1. The van der Waals surface area contributed by atoms with Crippen LogP contribution in [0.25, 0.3) is 0 Å². The van der Waals surface area contributed by atoms with Crippen LogP contribution in [0.5, 0.6) is 0 Å². The Balaban J connectivity index is 3.92. The Labute approximate surface area is 96.9 Å². The lowest BCUT2D eigenvalue weighted by Gasteiger charge is -2.21. The van der Waals surface area contributed by atoms with Crippen LogP contribution in [0.4, 0.5) is 0 Å². The van der Waals surface area contributed by atoms with Crippen LogP contribution in [0.15, 0.2) is 0 Å². The highest BCUT2D eigenvalue weighted by Crippen LogP contribution is 1.99. The average Bonchev–Trinajstić information content (AvgIpc) is 2.30. The zero-order valence-electron chi connectivity index (χ0n) is 10.2. The largest absolute Gasteiger partial charge is 0.379 e. The molecule has 1 unspecified atom stereocenters. The third kappa shape index (κ3) is 5.69. The normalized spacial score (nSPS) is 11.9. The number of amides is 1. The van der Waals surface area contributed by atoms with Gasteiger partial charge >= 0.3 is 0 Å². The van der Waals surface area contributed by atoms with E-state index in [-0.39, 0.29) is 12.5 Å². The van der Waals surface area contributed by atoms with E-state index in [1.807, 2.05) is 19.9 Å². The van der Waals surface area contributed by atoms with E-state index >= 15 is 0 Å². The van der Waals surface area contributed by atoms with Gasteiger partial charge in [-0.2, -0.15) is 5.26 Å². The number of rotatable bonds is 8. The van der Waals surface area contributed by atoms with Gasteiger partial charge in [-0.05, 0) is 20.8 Å². The molecule has 0 aromatic carbocycles. The molecule has 1 atom stereocenters. The van der Waals surface area contributed by atoms with Crippen LogP contribution in [0.3, 0.4) is 0 Å². The van der Waals surface area contributed by atoms with Crippen LogP contribution < -0.4 is 0 Å². The molecular formula is C11H20N2O3. The Hall–Kier alpha value is -1.12. The van der Waals surface area contributed by atoms with Gasteiger partial charge in [0.25, 0.3) is 5.91 Å². The van der Waals surface area contributed by atoms with Gasteiger partial charge in [0.1, 0.15) is 12.6 Å².